The number of aryl methyl sites for hydroxylation is 1. The third-order valence-electron chi connectivity index (χ3n) is 3.51. The minimum absolute atomic E-state index is 0.611. The van der Waals surface area contributed by atoms with Crippen LogP contribution in [0.5, 0.6) is 0 Å². The predicted molar refractivity (Wildman–Crippen MR) is 77.5 cm³/mol. The first-order valence-corrected chi connectivity index (χ1v) is 7.20. The first-order valence-electron chi connectivity index (χ1n) is 7.20. The van der Waals surface area contributed by atoms with Crippen LogP contribution >= 0.6 is 0 Å². The van der Waals surface area contributed by atoms with E-state index in [1.807, 2.05) is 16.9 Å². The molecular weight excluding hydrogens is 224 g/mol. The molecule has 1 atom stereocenters. The summed E-state index contributed by atoms with van der Waals surface area (Å²) in [7, 11) is 0. The van der Waals surface area contributed by atoms with E-state index in [-0.39, 0.29) is 0 Å². The van der Waals surface area contributed by atoms with Gasteiger partial charge in [0.05, 0.1) is 0 Å². The lowest BCUT2D eigenvalue weighted by atomic mass is 10.2. The van der Waals surface area contributed by atoms with Crippen molar-refractivity contribution >= 4 is 5.82 Å². The van der Waals surface area contributed by atoms with Crippen molar-refractivity contribution in [2.75, 3.05) is 18.8 Å². The molecule has 0 amide bonds. The number of anilines is 1. The van der Waals surface area contributed by atoms with Crippen LogP contribution in [0.3, 0.4) is 0 Å². The summed E-state index contributed by atoms with van der Waals surface area (Å²) in [6.45, 7) is 10.2. The Morgan fingerprint density at radius 1 is 1.33 bits per heavy atom. The fourth-order valence-electron chi connectivity index (χ4n) is 2.11. The summed E-state index contributed by atoms with van der Waals surface area (Å²) in [6, 6.07) is 2.53. The zero-order chi connectivity index (χ0) is 13.4. The number of aromatic nitrogens is 2. The molecule has 4 nitrogen and oxygen atoms in total. The van der Waals surface area contributed by atoms with Crippen LogP contribution in [0, 0.1) is 0 Å². The Kier molecular flexibility index (Phi) is 6.80. The monoisotopic (exact) mass is 252 g/mol. The Labute approximate surface area is 111 Å². The average Bonchev–Trinajstić information content (AvgIpc) is 2.78. The zero-order valence-electron chi connectivity index (χ0n) is 12.1. The van der Waals surface area contributed by atoms with Gasteiger partial charge in [0.2, 0.25) is 0 Å². The van der Waals surface area contributed by atoms with Crippen LogP contribution in [0.4, 0.5) is 5.82 Å². The van der Waals surface area contributed by atoms with Crippen molar-refractivity contribution in [2.24, 2.45) is 0 Å². The fourth-order valence-corrected chi connectivity index (χ4v) is 2.11. The van der Waals surface area contributed by atoms with E-state index in [2.05, 4.69) is 30.8 Å². The summed E-state index contributed by atoms with van der Waals surface area (Å²) in [5.41, 5.74) is 5.60. The summed E-state index contributed by atoms with van der Waals surface area (Å²) in [4.78, 5) is 2.59. The Bertz CT molecular complexity index is 321. The van der Waals surface area contributed by atoms with Crippen molar-refractivity contribution in [1.29, 1.82) is 0 Å². The third-order valence-corrected chi connectivity index (χ3v) is 3.51. The Morgan fingerprint density at radius 3 is 2.61 bits per heavy atom. The predicted octanol–water partition coefficient (Wildman–Crippen LogP) is 2.76. The zero-order valence-corrected chi connectivity index (χ0v) is 12.1. The molecule has 0 saturated heterocycles. The Balaban J connectivity index is 2.32. The van der Waals surface area contributed by atoms with Gasteiger partial charge in [0.1, 0.15) is 5.82 Å². The maximum atomic E-state index is 5.60. The Hall–Kier alpha value is -1.03. The van der Waals surface area contributed by atoms with Gasteiger partial charge in [-0.3, -0.25) is 4.68 Å². The molecule has 0 aliphatic heterocycles. The molecule has 0 radical (unpaired) electrons. The van der Waals surface area contributed by atoms with E-state index in [9.17, 15) is 0 Å². The van der Waals surface area contributed by atoms with E-state index < -0.39 is 0 Å². The fraction of sp³-hybridized carbons (Fsp3) is 0.786. The maximum absolute atomic E-state index is 5.60. The van der Waals surface area contributed by atoms with Crippen LogP contribution < -0.4 is 5.73 Å². The summed E-state index contributed by atoms with van der Waals surface area (Å²) in [6.07, 6.45) is 6.87. The van der Waals surface area contributed by atoms with Crippen molar-refractivity contribution in [2.45, 2.75) is 59.0 Å². The van der Waals surface area contributed by atoms with Crippen LogP contribution in [-0.2, 0) is 6.54 Å². The molecule has 0 aromatic carbocycles. The highest BCUT2D eigenvalue weighted by Gasteiger charge is 2.10. The molecule has 0 aliphatic rings. The number of nitrogens with two attached hydrogens (primary N) is 1. The van der Waals surface area contributed by atoms with Gasteiger partial charge in [-0.2, -0.15) is 5.10 Å². The Morgan fingerprint density at radius 2 is 2.06 bits per heavy atom. The van der Waals surface area contributed by atoms with Gasteiger partial charge in [-0.15, -0.1) is 0 Å². The number of unbranched alkanes of at least 4 members (excludes halogenated alkanes) is 1. The second kappa shape index (κ2) is 8.14. The van der Waals surface area contributed by atoms with Crippen molar-refractivity contribution in [3.8, 4) is 0 Å². The minimum atomic E-state index is 0.611. The van der Waals surface area contributed by atoms with E-state index in [0.29, 0.717) is 11.9 Å². The molecule has 18 heavy (non-hydrogen) atoms. The molecule has 1 aromatic rings. The van der Waals surface area contributed by atoms with Crippen molar-refractivity contribution in [3.63, 3.8) is 0 Å². The molecule has 1 unspecified atom stereocenters. The number of hydrogen-bond donors (Lipinski definition) is 1. The number of hydrogen-bond acceptors (Lipinski definition) is 3. The molecule has 0 spiro atoms. The minimum Gasteiger partial charge on any atom is -0.382 e. The standard InChI is InChI=1S/C14H28N4/c1-4-6-9-17(13(3)5-2)10-7-11-18-12-8-14(15)16-18/h8,12-13H,4-7,9-11H2,1-3H3,(H2,15,16). The van der Waals surface area contributed by atoms with E-state index in [1.165, 1.54) is 25.8 Å². The topological polar surface area (TPSA) is 47.1 Å². The van der Waals surface area contributed by atoms with Crippen molar-refractivity contribution in [3.05, 3.63) is 12.3 Å². The molecule has 104 valence electrons. The van der Waals surface area contributed by atoms with E-state index >= 15 is 0 Å². The molecule has 4 heteroatoms. The van der Waals surface area contributed by atoms with Gasteiger partial charge in [-0.1, -0.05) is 20.3 Å². The second-order valence-corrected chi connectivity index (χ2v) is 5.00. The highest BCUT2D eigenvalue weighted by atomic mass is 15.3. The number of rotatable bonds is 9. The van der Waals surface area contributed by atoms with Gasteiger partial charge in [-0.05, 0) is 38.8 Å². The molecule has 1 rings (SSSR count). The average molecular weight is 252 g/mol. The van der Waals surface area contributed by atoms with Gasteiger partial charge in [-0.25, -0.2) is 0 Å². The molecular formula is C14H28N4. The van der Waals surface area contributed by atoms with Crippen molar-refractivity contribution < 1.29 is 0 Å². The number of nitrogen functional groups attached to an aromatic ring is 1. The largest absolute Gasteiger partial charge is 0.382 e. The summed E-state index contributed by atoms with van der Waals surface area (Å²) >= 11 is 0. The summed E-state index contributed by atoms with van der Waals surface area (Å²) in [5, 5.41) is 4.21. The van der Waals surface area contributed by atoms with Gasteiger partial charge < -0.3 is 10.6 Å². The van der Waals surface area contributed by atoms with Crippen LogP contribution in [0.1, 0.15) is 46.5 Å². The molecule has 0 fully saturated rings. The van der Waals surface area contributed by atoms with Gasteiger partial charge >= 0.3 is 0 Å². The summed E-state index contributed by atoms with van der Waals surface area (Å²) in [5.74, 6) is 0.611. The SMILES string of the molecule is CCCCN(CCCn1ccc(N)n1)C(C)CC. The van der Waals surface area contributed by atoms with E-state index in [1.54, 1.807) is 0 Å². The second-order valence-electron chi connectivity index (χ2n) is 5.00. The molecule has 2 N–H and O–H groups in total. The van der Waals surface area contributed by atoms with Crippen molar-refractivity contribution in [1.82, 2.24) is 14.7 Å². The smallest absolute Gasteiger partial charge is 0.145 e. The van der Waals surface area contributed by atoms with Gasteiger partial charge in [0.25, 0.3) is 0 Å². The molecule has 1 heterocycles. The van der Waals surface area contributed by atoms with Crippen LogP contribution in [-0.4, -0.2) is 33.8 Å². The lowest BCUT2D eigenvalue weighted by Crippen LogP contribution is -2.34. The van der Waals surface area contributed by atoms with Gasteiger partial charge in [0.15, 0.2) is 0 Å². The number of nitrogens with zero attached hydrogens (tertiary/aromatic N) is 3. The van der Waals surface area contributed by atoms with E-state index in [4.69, 9.17) is 5.73 Å². The van der Waals surface area contributed by atoms with Crippen LogP contribution in [0.15, 0.2) is 12.3 Å². The summed E-state index contributed by atoms with van der Waals surface area (Å²) < 4.78 is 1.93. The first-order chi connectivity index (χ1) is 8.67. The molecule has 0 bridgehead atoms. The third kappa shape index (κ3) is 5.08. The lowest BCUT2D eigenvalue weighted by molar-refractivity contribution is 0.194. The normalized spacial score (nSPS) is 13.1. The molecule has 0 saturated carbocycles. The quantitative estimate of drug-likeness (QED) is 0.735. The highest BCUT2D eigenvalue weighted by Crippen LogP contribution is 2.07. The first kappa shape index (κ1) is 15.0. The van der Waals surface area contributed by atoms with Crippen LogP contribution in [0.25, 0.3) is 0 Å². The van der Waals surface area contributed by atoms with E-state index in [0.717, 1.165) is 19.5 Å². The lowest BCUT2D eigenvalue weighted by Gasteiger charge is -2.28. The molecule has 0 aliphatic carbocycles. The van der Waals surface area contributed by atoms with Gasteiger partial charge in [0, 0.05) is 25.3 Å². The van der Waals surface area contributed by atoms with Crippen LogP contribution in [0.2, 0.25) is 0 Å². The maximum Gasteiger partial charge on any atom is 0.145 e. The highest BCUT2D eigenvalue weighted by molar-refractivity contribution is 5.23. The molecule has 1 aromatic heterocycles.